The minimum absolute atomic E-state index is 0.139. The lowest BCUT2D eigenvalue weighted by molar-refractivity contribution is -0.154. The van der Waals surface area contributed by atoms with E-state index < -0.39 is 0 Å². The zero-order chi connectivity index (χ0) is 18.4. The molecule has 6 nitrogen and oxygen atoms in total. The summed E-state index contributed by atoms with van der Waals surface area (Å²) in [6.45, 7) is -0.251. The molecule has 4 aliphatic rings. The van der Waals surface area contributed by atoms with Crippen LogP contribution < -0.4 is 5.32 Å². The number of ether oxygens (including phenoxy) is 1. The summed E-state index contributed by atoms with van der Waals surface area (Å²) in [6, 6.07) is 5.44. The van der Waals surface area contributed by atoms with Gasteiger partial charge in [0, 0.05) is 0 Å². The average molecular weight is 385 g/mol. The molecule has 4 saturated carbocycles. The molecule has 1 aromatic heterocycles. The van der Waals surface area contributed by atoms with Crippen molar-refractivity contribution < 1.29 is 14.3 Å². The van der Waals surface area contributed by atoms with Gasteiger partial charge in [-0.3, -0.25) is 9.59 Å². The first-order valence-corrected chi connectivity index (χ1v) is 10.5. The van der Waals surface area contributed by atoms with E-state index >= 15 is 0 Å². The number of hydrogen-bond acceptors (Lipinski definition) is 6. The van der Waals surface area contributed by atoms with Crippen LogP contribution in [0.1, 0.15) is 44.9 Å². The molecule has 142 valence electrons. The summed E-state index contributed by atoms with van der Waals surface area (Å²) in [7, 11) is 0. The minimum atomic E-state index is -0.339. The predicted octanol–water partition coefficient (Wildman–Crippen LogP) is 3.78. The summed E-state index contributed by atoms with van der Waals surface area (Å²) >= 11 is 1.11. The van der Waals surface area contributed by atoms with E-state index in [2.05, 4.69) is 14.1 Å². The van der Waals surface area contributed by atoms with Gasteiger partial charge in [-0.25, -0.2) is 0 Å². The molecule has 0 spiro atoms. The van der Waals surface area contributed by atoms with Gasteiger partial charge in [0.2, 0.25) is 0 Å². The Kier molecular flexibility index (Phi) is 4.15. The normalized spacial score (nSPS) is 31.2. The number of amides is 1. The maximum atomic E-state index is 12.4. The SMILES string of the molecule is O=C(COC(=O)CC12CC3CC(CC(C3)C1)C2)Nc1cccc2nsnc12. The summed E-state index contributed by atoms with van der Waals surface area (Å²) in [5.74, 6) is 1.84. The van der Waals surface area contributed by atoms with Gasteiger partial charge in [0.05, 0.1) is 23.8 Å². The molecular formula is C20H23N3O3S. The van der Waals surface area contributed by atoms with Crippen molar-refractivity contribution in [3.8, 4) is 0 Å². The van der Waals surface area contributed by atoms with Crippen LogP contribution in [0.2, 0.25) is 0 Å². The van der Waals surface area contributed by atoms with E-state index in [1.54, 1.807) is 6.07 Å². The van der Waals surface area contributed by atoms with Gasteiger partial charge in [-0.2, -0.15) is 8.75 Å². The van der Waals surface area contributed by atoms with Crippen LogP contribution in [-0.2, 0) is 14.3 Å². The number of rotatable bonds is 5. The fourth-order valence-electron chi connectivity index (χ4n) is 6.10. The molecule has 0 saturated heterocycles. The maximum absolute atomic E-state index is 12.4. The third-order valence-electron chi connectivity index (χ3n) is 6.61. The first-order chi connectivity index (χ1) is 13.1. The lowest BCUT2D eigenvalue weighted by Crippen LogP contribution is -2.47. The van der Waals surface area contributed by atoms with E-state index in [4.69, 9.17) is 4.74 Å². The van der Waals surface area contributed by atoms with Crippen molar-refractivity contribution in [1.82, 2.24) is 8.75 Å². The summed E-state index contributed by atoms with van der Waals surface area (Å²) < 4.78 is 13.7. The Labute approximate surface area is 162 Å². The molecule has 1 amide bonds. The molecule has 2 aromatic rings. The molecule has 0 aliphatic heterocycles. The van der Waals surface area contributed by atoms with Crippen LogP contribution in [0.5, 0.6) is 0 Å². The summed E-state index contributed by atoms with van der Waals surface area (Å²) in [5, 5.41) is 2.77. The Morgan fingerprint density at radius 3 is 2.52 bits per heavy atom. The van der Waals surface area contributed by atoms with Crippen LogP contribution in [0.3, 0.4) is 0 Å². The smallest absolute Gasteiger partial charge is 0.306 e. The van der Waals surface area contributed by atoms with Crippen molar-refractivity contribution in [2.75, 3.05) is 11.9 Å². The predicted molar refractivity (Wildman–Crippen MR) is 102 cm³/mol. The van der Waals surface area contributed by atoms with Crippen molar-refractivity contribution >= 4 is 40.3 Å². The molecule has 4 bridgehead atoms. The Morgan fingerprint density at radius 1 is 1.11 bits per heavy atom. The van der Waals surface area contributed by atoms with Crippen molar-refractivity contribution in [2.45, 2.75) is 44.9 Å². The molecule has 6 rings (SSSR count). The Hall–Kier alpha value is -2.02. The molecule has 4 aliphatic carbocycles. The molecule has 27 heavy (non-hydrogen) atoms. The van der Waals surface area contributed by atoms with Gasteiger partial charge < -0.3 is 10.1 Å². The van der Waals surface area contributed by atoms with Gasteiger partial charge in [0.15, 0.2) is 6.61 Å². The van der Waals surface area contributed by atoms with Crippen molar-refractivity contribution in [3.63, 3.8) is 0 Å². The largest absolute Gasteiger partial charge is 0.456 e. The molecule has 0 atom stereocenters. The molecular weight excluding hydrogens is 362 g/mol. The van der Waals surface area contributed by atoms with E-state index in [-0.39, 0.29) is 23.9 Å². The van der Waals surface area contributed by atoms with Gasteiger partial charge in [-0.05, 0) is 73.8 Å². The second-order valence-corrected chi connectivity index (χ2v) is 9.27. The molecule has 0 radical (unpaired) electrons. The maximum Gasteiger partial charge on any atom is 0.306 e. The van der Waals surface area contributed by atoms with E-state index in [9.17, 15) is 9.59 Å². The van der Waals surface area contributed by atoms with E-state index in [1.165, 1.54) is 38.5 Å². The van der Waals surface area contributed by atoms with Crippen LogP contribution in [-0.4, -0.2) is 27.2 Å². The van der Waals surface area contributed by atoms with Crippen molar-refractivity contribution in [3.05, 3.63) is 18.2 Å². The summed E-state index contributed by atoms with van der Waals surface area (Å²) in [4.78, 5) is 24.6. The third-order valence-corrected chi connectivity index (χ3v) is 7.15. The number of carbonyl (C=O) groups excluding carboxylic acids is 2. The Morgan fingerprint density at radius 2 is 1.81 bits per heavy atom. The van der Waals surface area contributed by atoms with Crippen LogP contribution in [0.25, 0.3) is 11.0 Å². The highest BCUT2D eigenvalue weighted by Gasteiger charge is 2.51. The topological polar surface area (TPSA) is 81.2 Å². The van der Waals surface area contributed by atoms with Crippen molar-refractivity contribution in [1.29, 1.82) is 0 Å². The number of esters is 1. The zero-order valence-corrected chi connectivity index (χ0v) is 16.0. The molecule has 1 heterocycles. The number of anilines is 1. The van der Waals surface area contributed by atoms with Crippen molar-refractivity contribution in [2.24, 2.45) is 23.2 Å². The number of nitrogens with one attached hydrogen (secondary N) is 1. The lowest BCUT2D eigenvalue weighted by atomic mass is 9.49. The summed E-state index contributed by atoms with van der Waals surface area (Å²) in [6.07, 6.45) is 8.03. The number of carbonyl (C=O) groups is 2. The molecule has 1 aromatic carbocycles. The minimum Gasteiger partial charge on any atom is -0.456 e. The Balaban J connectivity index is 1.16. The Bertz CT molecular complexity index is 858. The number of aromatic nitrogens is 2. The van der Waals surface area contributed by atoms with Crippen LogP contribution >= 0.6 is 11.7 Å². The fraction of sp³-hybridized carbons (Fsp3) is 0.600. The number of benzene rings is 1. The highest BCUT2D eigenvalue weighted by molar-refractivity contribution is 7.00. The highest BCUT2D eigenvalue weighted by Crippen LogP contribution is 2.61. The fourth-order valence-corrected chi connectivity index (χ4v) is 6.65. The monoisotopic (exact) mass is 385 g/mol. The number of fused-ring (bicyclic) bond motifs is 1. The van der Waals surface area contributed by atoms with E-state index in [0.29, 0.717) is 17.6 Å². The second-order valence-electron chi connectivity index (χ2n) is 8.74. The first-order valence-electron chi connectivity index (χ1n) is 9.75. The first kappa shape index (κ1) is 17.1. The quantitative estimate of drug-likeness (QED) is 0.792. The third kappa shape index (κ3) is 3.33. The standard InChI is InChI=1S/C20H23N3O3S/c24-17(21-15-2-1-3-16-19(15)23-27-22-16)11-26-18(25)10-20-7-12-4-13(8-20)6-14(5-12)9-20/h1-3,12-14H,4-11H2,(H,21,24). The van der Waals surface area contributed by atoms with Gasteiger partial charge in [-0.15, -0.1) is 0 Å². The molecule has 7 heteroatoms. The van der Waals surface area contributed by atoms with E-state index in [1.807, 2.05) is 12.1 Å². The highest BCUT2D eigenvalue weighted by atomic mass is 32.1. The van der Waals surface area contributed by atoms with Gasteiger partial charge >= 0.3 is 5.97 Å². The van der Waals surface area contributed by atoms with Crippen LogP contribution in [0, 0.1) is 23.2 Å². The average Bonchev–Trinajstić information content (AvgIpc) is 3.08. The number of nitrogens with zero attached hydrogens (tertiary/aromatic N) is 2. The van der Waals surface area contributed by atoms with Gasteiger partial charge in [0.1, 0.15) is 11.0 Å². The molecule has 4 fully saturated rings. The summed E-state index contributed by atoms with van der Waals surface area (Å²) in [5.41, 5.74) is 2.15. The van der Waals surface area contributed by atoms with Crippen LogP contribution in [0.15, 0.2) is 18.2 Å². The van der Waals surface area contributed by atoms with Crippen LogP contribution in [0.4, 0.5) is 5.69 Å². The van der Waals surface area contributed by atoms with E-state index in [0.717, 1.165) is 35.0 Å². The molecule has 0 unspecified atom stereocenters. The second kappa shape index (κ2) is 6.55. The van der Waals surface area contributed by atoms with Gasteiger partial charge in [-0.1, -0.05) is 6.07 Å². The van der Waals surface area contributed by atoms with Gasteiger partial charge in [0.25, 0.3) is 5.91 Å². The number of hydrogen-bond donors (Lipinski definition) is 1. The zero-order valence-electron chi connectivity index (χ0n) is 15.1. The molecule has 1 N–H and O–H groups in total. The lowest BCUT2D eigenvalue weighted by Gasteiger charge is -2.56.